The van der Waals surface area contributed by atoms with Gasteiger partial charge in [-0.2, -0.15) is 0 Å². The Kier molecular flexibility index (Phi) is 17.1. The van der Waals surface area contributed by atoms with Crippen molar-refractivity contribution >= 4 is 83.9 Å². The molecule has 2 heterocycles. The fourth-order valence-corrected chi connectivity index (χ4v) is 8.37. The fraction of sp³-hybridized carbons (Fsp3) is 0.643. The summed E-state index contributed by atoms with van der Waals surface area (Å²) in [5.41, 5.74) is 2.66. The number of hydrazine groups is 1. The lowest BCUT2D eigenvalue weighted by molar-refractivity contribution is -0.154. The van der Waals surface area contributed by atoms with Gasteiger partial charge in [0.25, 0.3) is 0 Å². The Morgan fingerprint density at radius 2 is 1.64 bits per heavy atom. The summed E-state index contributed by atoms with van der Waals surface area (Å²) in [6.07, 6.45) is 2.89. The number of fused-ring (bicyclic) bond motifs is 1. The van der Waals surface area contributed by atoms with Crippen LogP contribution in [-0.4, -0.2) is 94.1 Å². The first-order valence-corrected chi connectivity index (χ1v) is 24.0. The highest BCUT2D eigenvalue weighted by Crippen LogP contribution is 2.45. The second kappa shape index (κ2) is 19.9. The van der Waals surface area contributed by atoms with Gasteiger partial charge in [-0.05, 0) is 89.2 Å². The number of halogens is 3. The summed E-state index contributed by atoms with van der Waals surface area (Å²) < 4.78 is 15.7. The van der Waals surface area contributed by atoms with E-state index in [1.54, 1.807) is 13.8 Å². The predicted molar refractivity (Wildman–Crippen MR) is 236 cm³/mol. The maximum atomic E-state index is 14.8. The highest BCUT2D eigenvalue weighted by atomic mass is 35.6. The standard InChI is InChI=1S/C42H64Cl3N5O8Si/c1-25(2)34(35(52)46-26(3)36(53)50-22-14-15-32(49-50)37(54)56-24-42(43,44)45)48-38(55)41(11,40(9,10)58-59(12,13)39(6,7)8)21-20-29-16-17-30-18-19-31(47-33(30)23-29)27(4)57-28(5)51/h16-21,23,25-27,32,34,36,49,53H,14-15,22,24H2,1-13H3,(H,46,52)(H,48,55)/b21-20+/t26-,27?,32-,34-,36?,41?/m0/s1. The number of esters is 2. The number of benzene rings is 1. The van der Waals surface area contributed by atoms with Gasteiger partial charge in [0.05, 0.1) is 28.3 Å². The van der Waals surface area contributed by atoms with Crippen LogP contribution >= 0.6 is 34.8 Å². The summed E-state index contributed by atoms with van der Waals surface area (Å²) in [5, 5.41) is 19.4. The smallest absolute Gasteiger partial charge is 0.324 e. The van der Waals surface area contributed by atoms with Gasteiger partial charge in [-0.25, -0.2) is 15.4 Å². The zero-order valence-corrected chi connectivity index (χ0v) is 39.9. The number of hydrogen-bond acceptors (Lipinski definition) is 11. The van der Waals surface area contributed by atoms with Crippen LogP contribution in [0.15, 0.2) is 36.4 Å². The van der Waals surface area contributed by atoms with Crippen LogP contribution in [0.3, 0.4) is 0 Å². The molecular formula is C42H64Cl3N5O8Si. The summed E-state index contributed by atoms with van der Waals surface area (Å²) in [4.78, 5) is 57.8. The lowest BCUT2D eigenvalue weighted by atomic mass is 9.73. The van der Waals surface area contributed by atoms with Crippen molar-refractivity contribution in [2.75, 3.05) is 13.2 Å². The molecule has 3 rings (SSSR count). The zero-order chi connectivity index (χ0) is 44.9. The molecule has 1 aromatic carbocycles. The second-order valence-electron chi connectivity index (χ2n) is 18.0. The van der Waals surface area contributed by atoms with Gasteiger partial charge >= 0.3 is 11.9 Å². The van der Waals surface area contributed by atoms with E-state index in [-0.39, 0.29) is 11.0 Å². The molecule has 0 bridgehead atoms. The van der Waals surface area contributed by atoms with Crippen LogP contribution in [0, 0.1) is 11.3 Å². The molecule has 2 amide bonds. The van der Waals surface area contributed by atoms with Gasteiger partial charge in [-0.15, -0.1) is 0 Å². The number of pyridine rings is 1. The number of alkyl halides is 3. The number of hydrogen-bond donors (Lipinski definition) is 4. The Bertz CT molecular complexity index is 1850. The maximum Gasteiger partial charge on any atom is 0.324 e. The molecule has 59 heavy (non-hydrogen) atoms. The van der Waals surface area contributed by atoms with E-state index in [9.17, 15) is 24.3 Å². The average Bonchev–Trinajstić information content (AvgIpc) is 3.12. The van der Waals surface area contributed by atoms with Crippen molar-refractivity contribution in [2.45, 2.75) is 147 Å². The summed E-state index contributed by atoms with van der Waals surface area (Å²) >= 11 is 17.2. The van der Waals surface area contributed by atoms with Crippen molar-refractivity contribution in [3.63, 3.8) is 0 Å². The van der Waals surface area contributed by atoms with E-state index >= 15 is 0 Å². The van der Waals surface area contributed by atoms with Gasteiger partial charge in [0.1, 0.15) is 31.0 Å². The first-order chi connectivity index (χ1) is 27.0. The average molecular weight is 901 g/mol. The number of amides is 2. The molecule has 1 aliphatic rings. The minimum atomic E-state index is -2.45. The van der Waals surface area contributed by atoms with Crippen LogP contribution in [0.5, 0.6) is 0 Å². The van der Waals surface area contributed by atoms with Crippen molar-refractivity contribution in [3.05, 3.63) is 47.7 Å². The molecule has 0 radical (unpaired) electrons. The number of rotatable bonds is 16. The topological polar surface area (TPSA) is 168 Å². The molecule has 4 N–H and O–H groups in total. The Morgan fingerprint density at radius 1 is 1.02 bits per heavy atom. The van der Waals surface area contributed by atoms with Gasteiger partial charge in [0, 0.05) is 18.9 Å². The van der Waals surface area contributed by atoms with E-state index in [0.29, 0.717) is 30.6 Å². The monoisotopic (exact) mass is 899 g/mol. The predicted octanol–water partition coefficient (Wildman–Crippen LogP) is 7.53. The molecule has 2 aromatic rings. The van der Waals surface area contributed by atoms with E-state index in [0.717, 1.165) is 10.9 Å². The first-order valence-electron chi connectivity index (χ1n) is 20.0. The van der Waals surface area contributed by atoms with Gasteiger partial charge in [0.2, 0.25) is 15.6 Å². The van der Waals surface area contributed by atoms with E-state index in [1.807, 2.05) is 77.1 Å². The molecule has 1 fully saturated rings. The molecule has 1 aliphatic heterocycles. The lowest BCUT2D eigenvalue weighted by Crippen LogP contribution is -2.64. The maximum absolute atomic E-state index is 14.8. The van der Waals surface area contributed by atoms with Crippen molar-refractivity contribution in [2.24, 2.45) is 11.3 Å². The summed E-state index contributed by atoms with van der Waals surface area (Å²) in [7, 11) is -2.45. The van der Waals surface area contributed by atoms with Crippen molar-refractivity contribution in [1.29, 1.82) is 0 Å². The Labute approximate surface area is 365 Å². The number of carbonyl (C=O) groups is 4. The van der Waals surface area contributed by atoms with Crippen LogP contribution in [0.1, 0.15) is 106 Å². The number of aliphatic hydroxyl groups is 1. The number of nitrogens with zero attached hydrogens (tertiary/aromatic N) is 2. The van der Waals surface area contributed by atoms with Crippen LogP contribution in [0.2, 0.25) is 18.1 Å². The fourth-order valence-electron chi connectivity index (χ4n) is 6.41. The number of aromatic nitrogens is 1. The Balaban J connectivity index is 1.91. The van der Waals surface area contributed by atoms with Crippen molar-refractivity contribution in [3.8, 4) is 0 Å². The Hall–Kier alpha value is -2.82. The molecule has 330 valence electrons. The van der Waals surface area contributed by atoms with E-state index in [4.69, 9.17) is 53.7 Å². The Morgan fingerprint density at radius 3 is 2.22 bits per heavy atom. The van der Waals surface area contributed by atoms with Gasteiger partial charge in [-0.1, -0.05) is 99.8 Å². The van der Waals surface area contributed by atoms with E-state index < -0.39 is 83.9 Å². The lowest BCUT2D eigenvalue weighted by Gasteiger charge is -2.49. The molecule has 1 aromatic heterocycles. The van der Waals surface area contributed by atoms with Gasteiger partial charge in [-0.3, -0.25) is 19.2 Å². The SMILES string of the molecule is CC(=O)OC(C)c1ccc2ccc(/C=C/C(C)(C(=O)N[C@H](C(=O)N[C@@H](C)C(O)N3CCC[C@@H](C(=O)OCC(Cl)(Cl)Cl)N3)C(C)C)C(C)(C)O[Si](C)(C)C(C)(C)C)cc2n1. The minimum absolute atomic E-state index is 0.165. The van der Waals surface area contributed by atoms with Crippen LogP contribution in [0.4, 0.5) is 0 Å². The molecule has 0 aliphatic carbocycles. The number of aliphatic hydroxyl groups excluding tert-OH is 1. The third kappa shape index (κ3) is 13.6. The van der Waals surface area contributed by atoms with E-state index in [2.05, 4.69) is 49.9 Å². The molecule has 3 unspecified atom stereocenters. The molecule has 0 saturated carbocycles. The summed E-state index contributed by atoms with van der Waals surface area (Å²) in [5.74, 6) is -2.30. The summed E-state index contributed by atoms with van der Waals surface area (Å²) in [6, 6.07) is 6.90. The minimum Gasteiger partial charge on any atom is -0.460 e. The molecule has 1 saturated heterocycles. The third-order valence-electron chi connectivity index (χ3n) is 11.4. The second-order valence-corrected chi connectivity index (χ2v) is 25.2. The van der Waals surface area contributed by atoms with Crippen molar-refractivity contribution in [1.82, 2.24) is 26.1 Å². The zero-order valence-electron chi connectivity index (χ0n) is 36.7. The van der Waals surface area contributed by atoms with Crippen LogP contribution < -0.4 is 16.1 Å². The quantitative estimate of drug-likeness (QED) is 0.0747. The van der Waals surface area contributed by atoms with E-state index in [1.165, 1.54) is 11.9 Å². The van der Waals surface area contributed by atoms with Crippen LogP contribution in [0.25, 0.3) is 17.0 Å². The highest BCUT2D eigenvalue weighted by Gasteiger charge is 2.52. The van der Waals surface area contributed by atoms with Crippen molar-refractivity contribution < 1.29 is 38.2 Å². The number of carbonyl (C=O) groups excluding carboxylic acids is 4. The molecular weight excluding hydrogens is 837 g/mol. The third-order valence-corrected chi connectivity index (χ3v) is 16.4. The highest BCUT2D eigenvalue weighted by molar-refractivity contribution is 6.74. The molecule has 0 spiro atoms. The van der Waals surface area contributed by atoms with Gasteiger partial charge in [0.15, 0.2) is 8.32 Å². The summed E-state index contributed by atoms with van der Waals surface area (Å²) in [6.45, 7) is 24.6. The number of ether oxygens (including phenoxy) is 2. The molecule has 17 heteroatoms. The molecule has 6 atom stereocenters. The first kappa shape index (κ1) is 50.5. The largest absolute Gasteiger partial charge is 0.460 e. The normalized spacial score (nSPS) is 19.1. The van der Waals surface area contributed by atoms with Crippen LogP contribution in [-0.2, 0) is 33.1 Å². The van der Waals surface area contributed by atoms with Gasteiger partial charge < -0.3 is 29.6 Å². The molecule has 13 nitrogen and oxygen atoms in total. The number of nitrogens with one attached hydrogen (secondary N) is 3.